The Morgan fingerprint density at radius 1 is 1.90 bits per heavy atom. The van der Waals surface area contributed by atoms with Crippen LogP contribution in [-0.2, 0) is 11.1 Å². The van der Waals surface area contributed by atoms with Crippen molar-refractivity contribution in [2.24, 2.45) is 4.99 Å². The van der Waals surface area contributed by atoms with E-state index in [2.05, 4.69) is 4.99 Å². The van der Waals surface area contributed by atoms with Crippen molar-refractivity contribution < 1.29 is 8.76 Å². The molecule has 0 saturated carbocycles. The van der Waals surface area contributed by atoms with E-state index in [1.165, 1.54) is 0 Å². The van der Waals surface area contributed by atoms with E-state index >= 15 is 0 Å². The molecule has 0 aliphatic carbocycles. The van der Waals surface area contributed by atoms with Crippen molar-refractivity contribution in [3.05, 3.63) is 0 Å². The van der Waals surface area contributed by atoms with Gasteiger partial charge in [-0.2, -0.15) is 0 Å². The third kappa shape index (κ3) is 1.72. The van der Waals surface area contributed by atoms with Crippen LogP contribution in [0.1, 0.15) is 6.92 Å². The highest BCUT2D eigenvalue weighted by Gasteiger charge is 2.30. The van der Waals surface area contributed by atoms with Crippen molar-refractivity contribution in [2.75, 3.05) is 0 Å². The predicted molar refractivity (Wildman–Crippen MR) is 44.9 cm³/mol. The molecule has 3 atom stereocenters. The molecule has 0 fully saturated rings. The van der Waals surface area contributed by atoms with Crippen LogP contribution in [0.25, 0.3) is 0 Å². The van der Waals surface area contributed by atoms with Crippen molar-refractivity contribution in [1.82, 2.24) is 0 Å². The Balaban J connectivity index is 2.63. The van der Waals surface area contributed by atoms with Crippen molar-refractivity contribution in [1.29, 1.82) is 0 Å². The minimum atomic E-state index is -1.83. The third-order valence-electron chi connectivity index (χ3n) is 1.11. The first-order valence-corrected chi connectivity index (χ1v) is 5.03. The van der Waals surface area contributed by atoms with Crippen LogP contribution in [0, 0.1) is 0 Å². The van der Waals surface area contributed by atoms with Gasteiger partial charge in [0.25, 0.3) is 0 Å². The van der Waals surface area contributed by atoms with Gasteiger partial charge in [-0.3, -0.25) is 4.99 Å². The van der Waals surface area contributed by atoms with Gasteiger partial charge in [0.2, 0.25) is 0 Å². The predicted octanol–water partition coefficient (Wildman–Crippen LogP) is 1.26. The molecule has 58 valence electrons. The van der Waals surface area contributed by atoms with Gasteiger partial charge in [0, 0.05) is 0 Å². The molecule has 0 radical (unpaired) electrons. The van der Waals surface area contributed by atoms with Crippen molar-refractivity contribution in [2.45, 2.75) is 17.5 Å². The molecule has 0 spiro atoms. The van der Waals surface area contributed by atoms with Crippen LogP contribution in [0.3, 0.4) is 0 Å². The van der Waals surface area contributed by atoms with Gasteiger partial charge < -0.3 is 4.55 Å². The van der Waals surface area contributed by atoms with Gasteiger partial charge in [0.1, 0.15) is 4.58 Å². The highest BCUT2D eigenvalue weighted by atomic mass is 35.5. The van der Waals surface area contributed by atoms with Gasteiger partial charge in [0.15, 0.2) is 15.6 Å². The second-order valence-corrected chi connectivity index (χ2v) is 4.96. The molecule has 1 N–H and O–H groups in total. The molecule has 0 bridgehead atoms. The van der Waals surface area contributed by atoms with Crippen molar-refractivity contribution in [3.8, 4) is 0 Å². The topological polar surface area (TPSA) is 49.7 Å². The molecule has 10 heavy (non-hydrogen) atoms. The molecule has 3 unspecified atom stereocenters. The highest BCUT2D eigenvalue weighted by molar-refractivity contribution is 8.23. The van der Waals surface area contributed by atoms with Crippen LogP contribution in [0.15, 0.2) is 4.99 Å². The average Bonchev–Trinajstić information content (AvgIpc) is 2.10. The van der Waals surface area contributed by atoms with E-state index in [9.17, 15) is 4.21 Å². The molecule has 0 amide bonds. The summed E-state index contributed by atoms with van der Waals surface area (Å²) < 4.78 is 19.2. The standard InChI is InChI=1S/C4H6ClNO2S2/c1-2-3(10(7)8)9-4(5)6-2/h2-3H,1H3,(H,7,8). The van der Waals surface area contributed by atoms with E-state index in [0.717, 1.165) is 11.8 Å². The summed E-state index contributed by atoms with van der Waals surface area (Å²) in [6.07, 6.45) is 0. The maximum Gasteiger partial charge on any atom is 0.169 e. The van der Waals surface area contributed by atoms with E-state index in [1.807, 2.05) is 0 Å². The Morgan fingerprint density at radius 3 is 2.70 bits per heavy atom. The first kappa shape index (κ1) is 8.52. The molecule has 1 rings (SSSR count). The summed E-state index contributed by atoms with van der Waals surface area (Å²) in [4.78, 5) is 3.88. The second-order valence-electron chi connectivity index (χ2n) is 1.89. The number of aliphatic imine (C=N–C) groups is 1. The van der Waals surface area contributed by atoms with Crippen LogP contribution in [0.5, 0.6) is 0 Å². The van der Waals surface area contributed by atoms with Gasteiger partial charge in [-0.25, -0.2) is 4.21 Å². The average molecular weight is 200 g/mol. The van der Waals surface area contributed by atoms with Gasteiger partial charge in [-0.05, 0) is 6.92 Å². The van der Waals surface area contributed by atoms with Gasteiger partial charge >= 0.3 is 0 Å². The molecule has 1 heterocycles. The number of halogens is 1. The maximum atomic E-state index is 10.5. The molecule has 0 saturated heterocycles. The zero-order valence-electron chi connectivity index (χ0n) is 5.15. The lowest BCUT2D eigenvalue weighted by Gasteiger charge is -2.05. The number of rotatable bonds is 1. The molecule has 1 aliphatic heterocycles. The van der Waals surface area contributed by atoms with Crippen molar-refractivity contribution in [3.63, 3.8) is 0 Å². The number of hydrogen-bond acceptors (Lipinski definition) is 3. The largest absolute Gasteiger partial charge is 0.305 e. The fraction of sp³-hybridized carbons (Fsp3) is 0.750. The number of thioether (sulfide) groups is 1. The van der Waals surface area contributed by atoms with E-state index in [1.54, 1.807) is 6.92 Å². The smallest absolute Gasteiger partial charge is 0.169 e. The quantitative estimate of drug-likeness (QED) is 0.647. The molecule has 6 heteroatoms. The fourth-order valence-electron chi connectivity index (χ4n) is 0.655. The van der Waals surface area contributed by atoms with Crippen LogP contribution in [0.4, 0.5) is 0 Å². The summed E-state index contributed by atoms with van der Waals surface area (Å²) in [5.74, 6) is 0. The first-order valence-electron chi connectivity index (χ1n) is 2.61. The van der Waals surface area contributed by atoms with Crippen LogP contribution < -0.4 is 0 Å². The molecule has 0 aromatic heterocycles. The lowest BCUT2D eigenvalue weighted by atomic mass is 10.4. The zero-order chi connectivity index (χ0) is 7.72. The van der Waals surface area contributed by atoms with Crippen LogP contribution >= 0.6 is 23.4 Å². The molecular weight excluding hydrogens is 194 g/mol. The summed E-state index contributed by atoms with van der Waals surface area (Å²) in [5, 5.41) is 0. The minimum absolute atomic E-state index is 0.150. The zero-order valence-corrected chi connectivity index (χ0v) is 7.54. The summed E-state index contributed by atoms with van der Waals surface area (Å²) in [6, 6.07) is -0.150. The van der Waals surface area contributed by atoms with Gasteiger partial charge in [0.05, 0.1) is 6.04 Å². The van der Waals surface area contributed by atoms with Crippen LogP contribution in [0.2, 0.25) is 0 Å². The molecule has 0 aromatic carbocycles. The summed E-state index contributed by atoms with van der Waals surface area (Å²) in [7, 11) is 0. The van der Waals surface area contributed by atoms with Crippen molar-refractivity contribution >= 4 is 38.9 Å². The lowest BCUT2D eigenvalue weighted by Crippen LogP contribution is -2.18. The summed E-state index contributed by atoms with van der Waals surface area (Å²) >= 11 is 4.83. The third-order valence-corrected chi connectivity index (χ3v) is 3.98. The first-order chi connectivity index (χ1) is 4.61. The maximum absolute atomic E-state index is 10.5. The SMILES string of the molecule is CC1N=C(Cl)SC1S(=O)O. The Labute approximate surface area is 70.5 Å². The van der Waals surface area contributed by atoms with E-state index in [4.69, 9.17) is 16.2 Å². The monoisotopic (exact) mass is 199 g/mol. The molecule has 3 nitrogen and oxygen atoms in total. The Hall–Kier alpha value is 0.420. The summed E-state index contributed by atoms with van der Waals surface area (Å²) in [6.45, 7) is 1.77. The Kier molecular flexibility index (Phi) is 2.74. The molecule has 0 aromatic rings. The number of hydrogen-bond donors (Lipinski definition) is 1. The lowest BCUT2D eigenvalue weighted by molar-refractivity contribution is 0.555. The van der Waals surface area contributed by atoms with Gasteiger partial charge in [-0.1, -0.05) is 23.4 Å². The van der Waals surface area contributed by atoms with E-state index in [0.29, 0.717) is 4.50 Å². The Morgan fingerprint density at radius 2 is 2.50 bits per heavy atom. The summed E-state index contributed by atoms with van der Waals surface area (Å²) in [5.41, 5.74) is 0. The van der Waals surface area contributed by atoms with E-state index in [-0.39, 0.29) is 10.6 Å². The van der Waals surface area contributed by atoms with Gasteiger partial charge in [-0.15, -0.1) is 0 Å². The minimum Gasteiger partial charge on any atom is -0.305 e. The Bertz CT molecular complexity index is 196. The molecular formula is C4H6ClNO2S2. The normalized spacial score (nSPS) is 35.7. The van der Waals surface area contributed by atoms with Crippen LogP contribution in [-0.4, -0.2) is 23.9 Å². The fourth-order valence-corrected chi connectivity index (χ4v) is 2.93. The number of nitrogens with zero attached hydrogens (tertiary/aromatic N) is 1. The second kappa shape index (κ2) is 3.21. The molecule has 1 aliphatic rings. The highest BCUT2D eigenvalue weighted by Crippen LogP contribution is 2.30. The van der Waals surface area contributed by atoms with E-state index < -0.39 is 11.1 Å².